The Morgan fingerprint density at radius 2 is 1.95 bits per heavy atom. The van der Waals surface area contributed by atoms with Crippen molar-refractivity contribution < 1.29 is 14.7 Å². The lowest BCUT2D eigenvalue weighted by atomic mass is 10.2. The number of rotatable bonds is 7. The lowest BCUT2D eigenvalue weighted by molar-refractivity contribution is -0.137. The molecule has 1 aromatic rings. The number of aliphatic carboxylic acids is 1. The third kappa shape index (κ3) is 5.27. The summed E-state index contributed by atoms with van der Waals surface area (Å²) < 4.78 is 0. The molecule has 0 aromatic heterocycles. The lowest BCUT2D eigenvalue weighted by Gasteiger charge is -2.23. The summed E-state index contributed by atoms with van der Waals surface area (Å²) in [6.45, 7) is 0.932. The minimum Gasteiger partial charge on any atom is -0.481 e. The number of nitrogens with one attached hydrogen (secondary N) is 1. The summed E-state index contributed by atoms with van der Waals surface area (Å²) in [6.07, 6.45) is 2.56. The van der Waals surface area contributed by atoms with Gasteiger partial charge >= 0.3 is 12.0 Å². The summed E-state index contributed by atoms with van der Waals surface area (Å²) in [5.41, 5.74) is 1.03. The number of carbonyl (C=O) groups is 2. The second kappa shape index (κ2) is 7.31. The maximum atomic E-state index is 12.2. The molecule has 0 heterocycles. The van der Waals surface area contributed by atoms with Gasteiger partial charge in [0.2, 0.25) is 0 Å². The number of urea groups is 1. The van der Waals surface area contributed by atoms with E-state index in [9.17, 15) is 9.59 Å². The first kappa shape index (κ1) is 15.6. The summed E-state index contributed by atoms with van der Waals surface area (Å²) in [5, 5.41) is 12.0. The molecule has 0 unspecified atom stereocenters. The summed E-state index contributed by atoms with van der Waals surface area (Å²) in [6, 6.07) is 7.61. The van der Waals surface area contributed by atoms with E-state index in [1.165, 1.54) is 0 Å². The number of hydrogen-bond donors (Lipinski definition) is 2. The average Bonchev–Trinajstić information content (AvgIpc) is 3.27. The van der Waals surface area contributed by atoms with E-state index in [1.807, 2.05) is 29.2 Å². The second-order valence-electron chi connectivity index (χ2n) is 5.21. The molecular formula is C15H19ClN2O3. The Morgan fingerprint density at radius 3 is 2.52 bits per heavy atom. The molecule has 0 atom stereocenters. The van der Waals surface area contributed by atoms with Crippen molar-refractivity contribution in [1.29, 1.82) is 0 Å². The third-order valence-electron chi connectivity index (χ3n) is 3.36. The summed E-state index contributed by atoms with van der Waals surface area (Å²) in [5.74, 6) is -0.843. The Morgan fingerprint density at radius 1 is 1.29 bits per heavy atom. The molecule has 1 fully saturated rings. The molecule has 6 heteroatoms. The number of carboxylic acid groups (broad SMARTS) is 1. The smallest absolute Gasteiger partial charge is 0.317 e. The molecule has 21 heavy (non-hydrogen) atoms. The first-order chi connectivity index (χ1) is 10.1. The van der Waals surface area contributed by atoms with Crippen molar-refractivity contribution in [2.45, 2.75) is 38.3 Å². The van der Waals surface area contributed by atoms with Crippen molar-refractivity contribution in [2.75, 3.05) is 6.54 Å². The monoisotopic (exact) mass is 310 g/mol. The highest BCUT2D eigenvalue weighted by Crippen LogP contribution is 2.28. The zero-order chi connectivity index (χ0) is 15.2. The Bertz CT molecular complexity index is 500. The van der Waals surface area contributed by atoms with Gasteiger partial charge in [0.25, 0.3) is 0 Å². The van der Waals surface area contributed by atoms with E-state index in [0.29, 0.717) is 30.6 Å². The zero-order valence-corrected chi connectivity index (χ0v) is 12.5. The predicted octanol–water partition coefficient (Wildman–Crippen LogP) is 2.88. The van der Waals surface area contributed by atoms with Crippen LogP contribution < -0.4 is 5.32 Å². The van der Waals surface area contributed by atoms with E-state index >= 15 is 0 Å². The molecule has 2 amide bonds. The van der Waals surface area contributed by atoms with Crippen LogP contribution in [0.15, 0.2) is 24.3 Å². The number of benzene rings is 1. The number of carboxylic acids is 1. The average molecular weight is 311 g/mol. The van der Waals surface area contributed by atoms with Crippen molar-refractivity contribution in [3.8, 4) is 0 Å². The molecule has 114 valence electrons. The van der Waals surface area contributed by atoms with Gasteiger partial charge in [-0.3, -0.25) is 4.79 Å². The quantitative estimate of drug-likeness (QED) is 0.761. The summed E-state index contributed by atoms with van der Waals surface area (Å²) >= 11 is 5.85. The largest absolute Gasteiger partial charge is 0.481 e. The fraction of sp³-hybridized carbons (Fsp3) is 0.467. The molecule has 1 saturated carbocycles. The standard InChI is InChI=1S/C15H19ClN2O3/c16-12-5-3-11(4-6-12)10-18(13-7-8-13)15(21)17-9-1-2-14(19)20/h3-6,13H,1-2,7-10H2,(H,17,21)(H,19,20). The minimum absolute atomic E-state index is 0.0703. The van der Waals surface area contributed by atoms with Gasteiger partial charge in [0, 0.05) is 30.6 Å². The lowest BCUT2D eigenvalue weighted by Crippen LogP contribution is -2.41. The molecule has 1 aromatic carbocycles. The van der Waals surface area contributed by atoms with Gasteiger partial charge in [0.15, 0.2) is 0 Å². The van der Waals surface area contributed by atoms with Crippen LogP contribution in [0, 0.1) is 0 Å². The van der Waals surface area contributed by atoms with Gasteiger partial charge in [-0.2, -0.15) is 0 Å². The van der Waals surface area contributed by atoms with Crippen molar-refractivity contribution in [3.63, 3.8) is 0 Å². The van der Waals surface area contributed by atoms with E-state index in [0.717, 1.165) is 18.4 Å². The van der Waals surface area contributed by atoms with Crippen LogP contribution in [0.25, 0.3) is 0 Å². The normalized spacial score (nSPS) is 13.8. The molecule has 5 nitrogen and oxygen atoms in total. The highest BCUT2D eigenvalue weighted by Gasteiger charge is 2.32. The Balaban J connectivity index is 1.85. The Labute approximate surface area is 128 Å². The predicted molar refractivity (Wildman–Crippen MR) is 80.3 cm³/mol. The van der Waals surface area contributed by atoms with Crippen LogP contribution >= 0.6 is 11.6 Å². The number of carbonyl (C=O) groups excluding carboxylic acids is 1. The third-order valence-corrected chi connectivity index (χ3v) is 3.61. The number of halogens is 1. The highest BCUT2D eigenvalue weighted by atomic mass is 35.5. The van der Waals surface area contributed by atoms with E-state index in [2.05, 4.69) is 5.32 Å². The van der Waals surface area contributed by atoms with Crippen LogP contribution in [0.1, 0.15) is 31.2 Å². The van der Waals surface area contributed by atoms with Gasteiger partial charge in [0.1, 0.15) is 0 Å². The van der Waals surface area contributed by atoms with Crippen LogP contribution in [-0.4, -0.2) is 34.6 Å². The van der Waals surface area contributed by atoms with Gasteiger partial charge in [-0.25, -0.2) is 4.79 Å². The Hall–Kier alpha value is -1.75. The molecule has 1 aliphatic carbocycles. The second-order valence-corrected chi connectivity index (χ2v) is 5.65. The van der Waals surface area contributed by atoms with Crippen LogP contribution in [0.2, 0.25) is 5.02 Å². The Kier molecular flexibility index (Phi) is 5.44. The van der Waals surface area contributed by atoms with Crippen molar-refractivity contribution in [3.05, 3.63) is 34.9 Å². The van der Waals surface area contributed by atoms with E-state index in [1.54, 1.807) is 0 Å². The van der Waals surface area contributed by atoms with Gasteiger partial charge in [-0.05, 0) is 37.0 Å². The van der Waals surface area contributed by atoms with Gasteiger partial charge in [0.05, 0.1) is 0 Å². The summed E-state index contributed by atoms with van der Waals surface area (Å²) in [7, 11) is 0. The highest BCUT2D eigenvalue weighted by molar-refractivity contribution is 6.30. The van der Waals surface area contributed by atoms with Crippen LogP contribution in [-0.2, 0) is 11.3 Å². The molecule has 0 aliphatic heterocycles. The van der Waals surface area contributed by atoms with Gasteiger partial charge in [-0.1, -0.05) is 23.7 Å². The van der Waals surface area contributed by atoms with Crippen molar-refractivity contribution >= 4 is 23.6 Å². The molecule has 1 aliphatic rings. The van der Waals surface area contributed by atoms with E-state index in [-0.39, 0.29) is 12.5 Å². The van der Waals surface area contributed by atoms with Crippen molar-refractivity contribution in [2.24, 2.45) is 0 Å². The maximum Gasteiger partial charge on any atom is 0.317 e. The molecule has 0 spiro atoms. The molecule has 0 radical (unpaired) electrons. The minimum atomic E-state index is -0.843. The van der Waals surface area contributed by atoms with Crippen LogP contribution in [0.4, 0.5) is 4.79 Å². The number of amides is 2. The maximum absolute atomic E-state index is 12.2. The SMILES string of the molecule is O=C(O)CCCNC(=O)N(Cc1ccc(Cl)cc1)C1CC1. The number of nitrogens with zero attached hydrogens (tertiary/aromatic N) is 1. The first-order valence-corrected chi connectivity index (χ1v) is 7.45. The van der Waals surface area contributed by atoms with Gasteiger partial charge in [-0.15, -0.1) is 0 Å². The van der Waals surface area contributed by atoms with E-state index in [4.69, 9.17) is 16.7 Å². The summed E-state index contributed by atoms with van der Waals surface area (Å²) in [4.78, 5) is 24.4. The molecule has 0 saturated heterocycles. The molecule has 2 rings (SSSR count). The van der Waals surface area contributed by atoms with Gasteiger partial charge < -0.3 is 15.3 Å². The first-order valence-electron chi connectivity index (χ1n) is 7.07. The molecular weight excluding hydrogens is 292 g/mol. The number of hydrogen-bond acceptors (Lipinski definition) is 2. The zero-order valence-electron chi connectivity index (χ0n) is 11.7. The molecule has 2 N–H and O–H groups in total. The van der Waals surface area contributed by atoms with Crippen LogP contribution in [0.5, 0.6) is 0 Å². The van der Waals surface area contributed by atoms with Crippen LogP contribution in [0.3, 0.4) is 0 Å². The molecule has 0 bridgehead atoms. The topological polar surface area (TPSA) is 69.6 Å². The van der Waals surface area contributed by atoms with Crippen molar-refractivity contribution in [1.82, 2.24) is 10.2 Å². The van der Waals surface area contributed by atoms with E-state index < -0.39 is 5.97 Å². The fourth-order valence-corrected chi connectivity index (χ4v) is 2.20. The fourth-order valence-electron chi connectivity index (χ4n) is 2.08.